The van der Waals surface area contributed by atoms with Crippen molar-refractivity contribution in [1.29, 1.82) is 0 Å². The molecule has 1 amide bonds. The van der Waals surface area contributed by atoms with Crippen LogP contribution in [0.5, 0.6) is 5.75 Å². The number of hydrogen-bond acceptors (Lipinski definition) is 6. The Morgan fingerprint density at radius 3 is 2.51 bits per heavy atom. The summed E-state index contributed by atoms with van der Waals surface area (Å²) in [5.74, 6) is 0.796. The van der Waals surface area contributed by atoms with E-state index in [1.807, 2.05) is 55.5 Å². The molecule has 39 heavy (non-hydrogen) atoms. The lowest BCUT2D eigenvalue weighted by Crippen LogP contribution is -2.40. The van der Waals surface area contributed by atoms with Gasteiger partial charge in [-0.3, -0.25) is 9.20 Å². The molecule has 3 aromatic carbocycles. The molecule has 9 nitrogen and oxygen atoms in total. The van der Waals surface area contributed by atoms with Gasteiger partial charge in [0.1, 0.15) is 16.5 Å². The van der Waals surface area contributed by atoms with Gasteiger partial charge in [0.2, 0.25) is 15.9 Å². The van der Waals surface area contributed by atoms with Gasteiger partial charge in [-0.25, -0.2) is 13.4 Å². The lowest BCUT2D eigenvalue weighted by molar-refractivity contribution is -0.115. The van der Waals surface area contributed by atoms with Crippen LogP contribution in [0.3, 0.4) is 0 Å². The van der Waals surface area contributed by atoms with E-state index in [2.05, 4.69) is 9.72 Å². The van der Waals surface area contributed by atoms with Gasteiger partial charge in [0.05, 0.1) is 49.0 Å². The Kier molecular flexibility index (Phi) is 6.46. The minimum atomic E-state index is -3.81. The molecule has 1 saturated heterocycles. The van der Waals surface area contributed by atoms with E-state index in [1.165, 1.54) is 17.5 Å². The zero-order valence-corrected chi connectivity index (χ0v) is 22.5. The fourth-order valence-electron chi connectivity index (χ4n) is 5.28. The highest BCUT2D eigenvalue weighted by Crippen LogP contribution is 2.36. The first-order valence-electron chi connectivity index (χ1n) is 12.7. The predicted octanol–water partition coefficient (Wildman–Crippen LogP) is 4.16. The van der Waals surface area contributed by atoms with Crippen LogP contribution in [0.15, 0.2) is 71.6 Å². The molecule has 1 aliphatic heterocycles. The van der Waals surface area contributed by atoms with Crippen LogP contribution in [0.25, 0.3) is 27.3 Å². The Morgan fingerprint density at radius 2 is 1.74 bits per heavy atom. The summed E-state index contributed by atoms with van der Waals surface area (Å²) in [5.41, 5.74) is 3.93. The number of para-hydroxylation sites is 2. The molecule has 0 spiro atoms. The predicted molar refractivity (Wildman–Crippen MR) is 150 cm³/mol. The highest BCUT2D eigenvalue weighted by atomic mass is 32.2. The van der Waals surface area contributed by atoms with Crippen LogP contribution in [0, 0.1) is 6.92 Å². The molecule has 0 bridgehead atoms. The number of carbonyl (C=O) groups is 1. The van der Waals surface area contributed by atoms with Crippen LogP contribution in [-0.2, 0) is 26.0 Å². The first kappa shape index (κ1) is 25.3. The van der Waals surface area contributed by atoms with Gasteiger partial charge in [0, 0.05) is 23.9 Å². The highest BCUT2D eigenvalue weighted by Gasteiger charge is 2.30. The molecule has 3 heterocycles. The summed E-state index contributed by atoms with van der Waals surface area (Å²) in [6.07, 6.45) is -0.0106. The number of aryl methyl sites for hydroxylation is 1. The van der Waals surface area contributed by atoms with Crippen LogP contribution in [0.2, 0.25) is 0 Å². The molecule has 0 saturated carbocycles. The van der Waals surface area contributed by atoms with E-state index in [0.717, 1.165) is 33.1 Å². The Labute approximate surface area is 226 Å². The second kappa shape index (κ2) is 9.96. The molecular weight excluding hydrogens is 516 g/mol. The van der Waals surface area contributed by atoms with Crippen molar-refractivity contribution in [2.45, 2.75) is 18.2 Å². The number of nitrogens with zero attached hydrogens (tertiary/aromatic N) is 3. The monoisotopic (exact) mass is 544 g/mol. The number of rotatable bonds is 6. The molecule has 1 N–H and O–H groups in total. The Balaban J connectivity index is 1.38. The molecule has 0 atom stereocenters. The summed E-state index contributed by atoms with van der Waals surface area (Å²) in [5, 5.41) is 4.96. The first-order valence-corrected chi connectivity index (χ1v) is 14.2. The number of sulfonamides is 1. The van der Waals surface area contributed by atoms with Gasteiger partial charge in [-0.15, -0.1) is 0 Å². The number of methoxy groups -OCH3 is 1. The van der Waals surface area contributed by atoms with Crippen LogP contribution in [0.4, 0.5) is 5.69 Å². The van der Waals surface area contributed by atoms with E-state index < -0.39 is 10.0 Å². The molecule has 0 aliphatic carbocycles. The number of nitrogens with one attached hydrogen (secondary N) is 1. The Hall–Kier alpha value is -3.99. The third-order valence-corrected chi connectivity index (χ3v) is 9.00. The van der Waals surface area contributed by atoms with Crippen molar-refractivity contribution in [1.82, 2.24) is 13.7 Å². The zero-order chi connectivity index (χ0) is 27.1. The number of ether oxygens (including phenoxy) is 2. The van der Waals surface area contributed by atoms with Crippen LogP contribution in [0.1, 0.15) is 11.4 Å². The van der Waals surface area contributed by atoms with E-state index in [0.29, 0.717) is 24.5 Å². The fourth-order valence-corrected chi connectivity index (χ4v) is 6.89. The first-order chi connectivity index (χ1) is 18.9. The van der Waals surface area contributed by atoms with Crippen molar-refractivity contribution in [3.05, 3.63) is 78.1 Å². The summed E-state index contributed by atoms with van der Waals surface area (Å²) in [6.45, 7) is 3.17. The second-order valence-corrected chi connectivity index (χ2v) is 11.4. The highest BCUT2D eigenvalue weighted by molar-refractivity contribution is 7.89. The normalized spacial score (nSPS) is 14.7. The van der Waals surface area contributed by atoms with E-state index in [1.54, 1.807) is 12.1 Å². The molecule has 10 heteroatoms. The van der Waals surface area contributed by atoms with Gasteiger partial charge in [0.25, 0.3) is 0 Å². The molecule has 5 aromatic rings. The minimum absolute atomic E-state index is 0.0106. The van der Waals surface area contributed by atoms with Crippen LogP contribution >= 0.6 is 0 Å². The standard InChI is InChI=1S/C29H28N4O5S/c1-19-30-23-9-5-3-7-21(23)29-28(22-8-4-6-10-24(22)33(19)29)31-27(34)18-20-11-12-25(37-2)26(17-20)39(35,36)32-13-15-38-16-14-32/h3-12,17H,13-16,18H2,1-2H3,(H,31,34). The van der Waals surface area contributed by atoms with Crippen LogP contribution < -0.4 is 10.1 Å². The lowest BCUT2D eigenvalue weighted by atomic mass is 10.1. The molecule has 200 valence electrons. The molecule has 2 aromatic heterocycles. The summed E-state index contributed by atoms with van der Waals surface area (Å²) >= 11 is 0. The number of fused-ring (bicyclic) bond motifs is 5. The van der Waals surface area contributed by atoms with E-state index in [9.17, 15) is 13.2 Å². The van der Waals surface area contributed by atoms with Gasteiger partial charge in [-0.2, -0.15) is 4.31 Å². The largest absolute Gasteiger partial charge is 0.495 e. The summed E-state index contributed by atoms with van der Waals surface area (Å²) in [6, 6.07) is 20.6. The SMILES string of the molecule is COc1ccc(CC(=O)Nc2c3ccccc3n3c(C)nc4ccccc4c23)cc1S(=O)(=O)N1CCOCC1. The van der Waals surface area contributed by atoms with E-state index in [-0.39, 0.29) is 36.1 Å². The second-order valence-electron chi connectivity index (χ2n) is 9.48. The topological polar surface area (TPSA) is 102 Å². The average Bonchev–Trinajstić information content (AvgIpc) is 3.28. The zero-order valence-electron chi connectivity index (χ0n) is 21.7. The van der Waals surface area contributed by atoms with Gasteiger partial charge < -0.3 is 14.8 Å². The van der Waals surface area contributed by atoms with E-state index in [4.69, 9.17) is 14.5 Å². The van der Waals surface area contributed by atoms with Crippen molar-refractivity contribution >= 4 is 48.9 Å². The lowest BCUT2D eigenvalue weighted by Gasteiger charge is -2.26. The third kappa shape index (κ3) is 4.40. The van der Waals surface area contributed by atoms with Gasteiger partial charge in [0.15, 0.2) is 0 Å². The summed E-state index contributed by atoms with van der Waals surface area (Å²) in [7, 11) is -2.38. The van der Waals surface area contributed by atoms with Crippen molar-refractivity contribution < 1.29 is 22.7 Å². The van der Waals surface area contributed by atoms with Gasteiger partial charge in [-0.05, 0) is 36.8 Å². The van der Waals surface area contributed by atoms with Crippen molar-refractivity contribution in [3.8, 4) is 5.75 Å². The third-order valence-electron chi connectivity index (χ3n) is 7.08. The van der Waals surface area contributed by atoms with Gasteiger partial charge in [-0.1, -0.05) is 42.5 Å². The number of anilines is 1. The number of morpholine rings is 1. The van der Waals surface area contributed by atoms with Crippen LogP contribution in [-0.4, -0.2) is 61.4 Å². The van der Waals surface area contributed by atoms with E-state index >= 15 is 0 Å². The fraction of sp³-hybridized carbons (Fsp3) is 0.241. The quantitative estimate of drug-likeness (QED) is 0.345. The number of carbonyl (C=O) groups excluding carboxylic acids is 1. The van der Waals surface area contributed by atoms with Crippen molar-refractivity contribution in [2.24, 2.45) is 0 Å². The molecule has 1 fully saturated rings. The maximum atomic E-state index is 13.5. The summed E-state index contributed by atoms with van der Waals surface area (Å²) in [4.78, 5) is 18.3. The minimum Gasteiger partial charge on any atom is -0.495 e. The van der Waals surface area contributed by atoms with Crippen molar-refractivity contribution in [2.75, 3.05) is 38.7 Å². The molecular formula is C29H28N4O5S. The molecule has 0 radical (unpaired) electrons. The Morgan fingerprint density at radius 1 is 1.03 bits per heavy atom. The summed E-state index contributed by atoms with van der Waals surface area (Å²) < 4.78 is 40.9. The molecule has 1 aliphatic rings. The maximum absolute atomic E-state index is 13.5. The average molecular weight is 545 g/mol. The Bertz CT molecular complexity index is 1840. The van der Waals surface area contributed by atoms with Crippen molar-refractivity contribution in [3.63, 3.8) is 0 Å². The maximum Gasteiger partial charge on any atom is 0.246 e. The number of benzene rings is 3. The number of hydrogen-bond donors (Lipinski definition) is 1. The smallest absolute Gasteiger partial charge is 0.246 e. The van der Waals surface area contributed by atoms with Gasteiger partial charge >= 0.3 is 0 Å². The number of aromatic nitrogens is 2. The molecule has 6 rings (SSSR count). The molecule has 0 unspecified atom stereocenters. The number of amides is 1.